The predicted octanol–water partition coefficient (Wildman–Crippen LogP) is 4.05. The largest absolute Gasteiger partial charge is 0.480 e. The third-order valence-corrected chi connectivity index (χ3v) is 5.71. The molecule has 0 fully saturated rings. The van der Waals surface area contributed by atoms with E-state index >= 15 is 0 Å². The Bertz CT molecular complexity index is 691. The number of carboxylic acids is 1. The highest BCUT2D eigenvalue weighted by Gasteiger charge is 2.25. The summed E-state index contributed by atoms with van der Waals surface area (Å²) in [5.41, 5.74) is 2.16. The first-order valence-corrected chi connectivity index (χ1v) is 7.96. The fraction of sp³-hybridized carbons (Fsp3) is 0.200. The van der Waals surface area contributed by atoms with Crippen molar-refractivity contribution in [3.05, 3.63) is 47.1 Å². The van der Waals surface area contributed by atoms with Crippen molar-refractivity contribution in [1.82, 2.24) is 4.98 Å². The minimum absolute atomic E-state index is 0.335. The van der Waals surface area contributed by atoms with E-state index in [2.05, 4.69) is 23.2 Å². The highest BCUT2D eigenvalue weighted by atomic mass is 32.2. The molecule has 2 aromatic heterocycles. The van der Waals surface area contributed by atoms with E-state index in [9.17, 15) is 4.79 Å². The summed E-state index contributed by atoms with van der Waals surface area (Å²) in [6.07, 6.45) is 4.45. The van der Waals surface area contributed by atoms with Gasteiger partial charge in [0.15, 0.2) is 0 Å². The quantitative estimate of drug-likeness (QED) is 0.929. The van der Waals surface area contributed by atoms with Crippen molar-refractivity contribution in [3.8, 4) is 10.4 Å². The van der Waals surface area contributed by atoms with Gasteiger partial charge < -0.3 is 5.11 Å². The van der Waals surface area contributed by atoms with Crippen molar-refractivity contribution in [2.75, 3.05) is 0 Å². The highest BCUT2D eigenvalue weighted by Crippen LogP contribution is 2.43. The number of aliphatic carboxylic acids is 1. The molecule has 1 aliphatic heterocycles. The van der Waals surface area contributed by atoms with E-state index in [0.717, 1.165) is 21.0 Å². The van der Waals surface area contributed by atoms with Crippen LogP contribution in [0.2, 0.25) is 0 Å². The lowest BCUT2D eigenvalue weighted by Crippen LogP contribution is -2.11. The van der Waals surface area contributed by atoms with Crippen molar-refractivity contribution in [1.29, 1.82) is 0 Å². The number of thioether (sulfide) groups is 1. The summed E-state index contributed by atoms with van der Waals surface area (Å²) in [7, 11) is 0. The molecule has 102 valence electrons. The van der Waals surface area contributed by atoms with Gasteiger partial charge in [-0.3, -0.25) is 9.78 Å². The lowest BCUT2D eigenvalue weighted by molar-refractivity contribution is -0.136. The van der Waals surface area contributed by atoms with Crippen LogP contribution in [0.15, 0.2) is 36.5 Å². The number of thiophene rings is 1. The molecule has 5 heteroatoms. The minimum Gasteiger partial charge on any atom is -0.480 e. The zero-order chi connectivity index (χ0) is 14.1. The van der Waals surface area contributed by atoms with Crippen LogP contribution in [-0.2, 0) is 4.79 Å². The van der Waals surface area contributed by atoms with Crippen molar-refractivity contribution >= 4 is 34.0 Å². The SMILES string of the molecule is Cc1cc(-c2ccc(C3=CCC(C(=O)O)S3)s2)ccn1. The molecule has 1 atom stereocenters. The van der Waals surface area contributed by atoms with Crippen molar-refractivity contribution in [2.24, 2.45) is 0 Å². The van der Waals surface area contributed by atoms with Crippen LogP contribution in [-0.4, -0.2) is 21.3 Å². The van der Waals surface area contributed by atoms with Crippen LogP contribution < -0.4 is 0 Å². The maximum atomic E-state index is 11.0. The fourth-order valence-electron chi connectivity index (χ4n) is 2.10. The predicted molar refractivity (Wildman–Crippen MR) is 83.9 cm³/mol. The molecule has 0 radical (unpaired) electrons. The zero-order valence-electron chi connectivity index (χ0n) is 10.9. The topological polar surface area (TPSA) is 50.2 Å². The second-order valence-corrected chi connectivity index (χ2v) is 6.93. The number of hydrogen-bond donors (Lipinski definition) is 1. The van der Waals surface area contributed by atoms with E-state index in [4.69, 9.17) is 5.11 Å². The minimum atomic E-state index is -0.734. The van der Waals surface area contributed by atoms with Crippen LogP contribution in [0, 0.1) is 6.92 Å². The second kappa shape index (κ2) is 5.42. The van der Waals surface area contributed by atoms with E-state index in [-0.39, 0.29) is 5.25 Å². The lowest BCUT2D eigenvalue weighted by atomic mass is 10.2. The van der Waals surface area contributed by atoms with E-state index in [1.54, 1.807) is 11.3 Å². The maximum Gasteiger partial charge on any atom is 0.317 e. The lowest BCUT2D eigenvalue weighted by Gasteiger charge is -2.02. The molecule has 0 spiro atoms. The molecule has 0 saturated heterocycles. The Kier molecular flexibility index (Phi) is 3.63. The molecule has 2 aromatic rings. The first kappa shape index (κ1) is 13.4. The van der Waals surface area contributed by atoms with Gasteiger partial charge in [-0.25, -0.2) is 0 Å². The molecule has 3 rings (SSSR count). The number of hydrogen-bond acceptors (Lipinski definition) is 4. The van der Waals surface area contributed by atoms with Gasteiger partial charge in [0.05, 0.1) is 0 Å². The highest BCUT2D eigenvalue weighted by molar-refractivity contribution is 8.10. The molecule has 20 heavy (non-hydrogen) atoms. The van der Waals surface area contributed by atoms with Gasteiger partial charge in [0, 0.05) is 26.6 Å². The van der Waals surface area contributed by atoms with Crippen LogP contribution in [0.25, 0.3) is 15.3 Å². The van der Waals surface area contributed by atoms with Gasteiger partial charge in [-0.15, -0.1) is 23.1 Å². The molecular formula is C15H13NO2S2. The van der Waals surface area contributed by atoms with E-state index in [1.807, 2.05) is 25.3 Å². The van der Waals surface area contributed by atoms with Gasteiger partial charge in [-0.05, 0) is 43.2 Å². The Morgan fingerprint density at radius 1 is 1.35 bits per heavy atom. The van der Waals surface area contributed by atoms with Gasteiger partial charge in [-0.2, -0.15) is 0 Å². The molecule has 0 bridgehead atoms. The molecule has 0 saturated carbocycles. The second-order valence-electron chi connectivity index (χ2n) is 4.60. The molecule has 0 aromatic carbocycles. The smallest absolute Gasteiger partial charge is 0.317 e. The average molecular weight is 303 g/mol. The van der Waals surface area contributed by atoms with Crippen LogP contribution in [0.4, 0.5) is 0 Å². The number of rotatable bonds is 3. The summed E-state index contributed by atoms with van der Waals surface area (Å²) >= 11 is 3.14. The molecule has 1 aliphatic rings. The third kappa shape index (κ3) is 2.64. The number of allylic oxidation sites excluding steroid dienone is 1. The summed E-state index contributed by atoms with van der Waals surface area (Å²) in [4.78, 5) is 18.6. The first-order valence-electron chi connectivity index (χ1n) is 6.26. The third-order valence-electron chi connectivity index (χ3n) is 3.09. The number of aromatic nitrogens is 1. The van der Waals surface area contributed by atoms with Gasteiger partial charge >= 0.3 is 5.97 Å². The molecular weight excluding hydrogens is 290 g/mol. The standard InChI is InChI=1S/C15H13NO2S2/c1-9-8-10(6-7-16-9)11-2-3-12(19-11)13-4-5-14(20-13)15(17)18/h2-4,6-8,14H,5H2,1H3,(H,17,18). The van der Waals surface area contributed by atoms with Gasteiger partial charge in [0.2, 0.25) is 0 Å². The molecule has 1 N–H and O–H groups in total. The van der Waals surface area contributed by atoms with Crippen LogP contribution in [0.3, 0.4) is 0 Å². The summed E-state index contributed by atoms with van der Waals surface area (Å²) in [6, 6.07) is 8.22. The first-order chi connectivity index (χ1) is 9.63. The normalized spacial score (nSPS) is 18.1. The van der Waals surface area contributed by atoms with E-state index < -0.39 is 5.97 Å². The van der Waals surface area contributed by atoms with E-state index in [1.165, 1.54) is 16.6 Å². The molecule has 1 unspecified atom stereocenters. The van der Waals surface area contributed by atoms with Crippen molar-refractivity contribution in [3.63, 3.8) is 0 Å². The molecule has 0 aliphatic carbocycles. The number of nitrogens with zero attached hydrogens (tertiary/aromatic N) is 1. The van der Waals surface area contributed by atoms with Crippen molar-refractivity contribution in [2.45, 2.75) is 18.6 Å². The Labute approximate surface area is 125 Å². The fourth-order valence-corrected chi connectivity index (χ4v) is 4.28. The molecule has 3 nitrogen and oxygen atoms in total. The van der Waals surface area contributed by atoms with Crippen LogP contribution in [0.1, 0.15) is 17.0 Å². The molecule has 3 heterocycles. The zero-order valence-corrected chi connectivity index (χ0v) is 12.5. The Hall–Kier alpha value is -1.59. The number of aryl methyl sites for hydroxylation is 1. The Balaban J connectivity index is 1.83. The van der Waals surface area contributed by atoms with E-state index in [0.29, 0.717) is 6.42 Å². The number of carboxylic acid groups (broad SMARTS) is 1. The van der Waals surface area contributed by atoms with Gasteiger partial charge in [-0.1, -0.05) is 6.08 Å². The summed E-state index contributed by atoms with van der Waals surface area (Å²) in [6.45, 7) is 1.98. The summed E-state index contributed by atoms with van der Waals surface area (Å²) in [5, 5.41) is 8.70. The number of carbonyl (C=O) groups is 1. The van der Waals surface area contributed by atoms with Crippen molar-refractivity contribution < 1.29 is 9.90 Å². The maximum absolute atomic E-state index is 11.0. The summed E-state index contributed by atoms with van der Waals surface area (Å²) < 4.78 is 0. The van der Waals surface area contributed by atoms with Gasteiger partial charge in [0.25, 0.3) is 0 Å². The van der Waals surface area contributed by atoms with Crippen LogP contribution in [0.5, 0.6) is 0 Å². The average Bonchev–Trinajstić information content (AvgIpc) is 3.08. The number of pyridine rings is 1. The Morgan fingerprint density at radius 3 is 2.85 bits per heavy atom. The van der Waals surface area contributed by atoms with Gasteiger partial charge in [0.1, 0.15) is 5.25 Å². The Morgan fingerprint density at radius 2 is 2.15 bits per heavy atom. The summed E-state index contributed by atoms with van der Waals surface area (Å²) in [5.74, 6) is -0.734. The monoisotopic (exact) mass is 303 g/mol. The van der Waals surface area contributed by atoms with Crippen LogP contribution >= 0.6 is 23.1 Å². The molecule has 0 amide bonds.